The Hall–Kier alpha value is -4.13. The lowest BCUT2D eigenvalue weighted by atomic mass is 9.96. The zero-order valence-electron chi connectivity index (χ0n) is 18.1. The number of rotatable bonds is 4. The van der Waals surface area contributed by atoms with E-state index >= 15 is 0 Å². The molecule has 0 aliphatic carbocycles. The quantitative estimate of drug-likeness (QED) is 0.307. The zero-order chi connectivity index (χ0) is 23.9. The highest BCUT2D eigenvalue weighted by Gasteiger charge is 2.30. The smallest absolute Gasteiger partial charge is 0.345 e. The Morgan fingerprint density at radius 1 is 0.971 bits per heavy atom. The Balaban J connectivity index is 1.42. The summed E-state index contributed by atoms with van der Waals surface area (Å²) >= 11 is 0. The number of benzene rings is 4. The molecule has 5 rings (SSSR count). The number of alkyl halides is 3. The SMILES string of the molecule is CC(NC(=O)c1ccc2c(-c3ccc(C(F)(F)F)cc3)cccc2c1)c1cccc2nc[nH]c12. The number of nitrogens with one attached hydrogen (secondary N) is 2. The van der Waals surface area contributed by atoms with E-state index in [1.807, 2.05) is 49.4 Å². The summed E-state index contributed by atoms with van der Waals surface area (Å²) < 4.78 is 38.7. The number of hydrogen-bond acceptors (Lipinski definition) is 2. The predicted octanol–water partition coefficient (Wildman–Crippen LogP) is 6.89. The molecule has 34 heavy (non-hydrogen) atoms. The number of halogens is 3. The van der Waals surface area contributed by atoms with Gasteiger partial charge in [-0.15, -0.1) is 0 Å². The molecule has 2 N–H and O–H groups in total. The summed E-state index contributed by atoms with van der Waals surface area (Å²) in [6, 6.07) is 21.5. The van der Waals surface area contributed by atoms with Gasteiger partial charge in [-0.25, -0.2) is 4.98 Å². The molecule has 170 valence electrons. The highest BCUT2D eigenvalue weighted by Crippen LogP contribution is 2.33. The van der Waals surface area contributed by atoms with Gasteiger partial charge in [-0.2, -0.15) is 13.2 Å². The molecule has 7 heteroatoms. The van der Waals surface area contributed by atoms with E-state index in [1.165, 1.54) is 12.1 Å². The maximum atomic E-state index is 13.0. The molecule has 0 aliphatic heterocycles. The van der Waals surface area contributed by atoms with Gasteiger partial charge >= 0.3 is 6.18 Å². The van der Waals surface area contributed by atoms with Gasteiger partial charge in [-0.1, -0.05) is 48.5 Å². The summed E-state index contributed by atoms with van der Waals surface area (Å²) in [5.41, 5.74) is 3.95. The molecule has 0 saturated heterocycles. The number of fused-ring (bicyclic) bond motifs is 2. The highest BCUT2D eigenvalue weighted by atomic mass is 19.4. The van der Waals surface area contributed by atoms with Crippen LogP contribution in [0.1, 0.15) is 34.5 Å². The molecule has 4 nitrogen and oxygen atoms in total. The lowest BCUT2D eigenvalue weighted by Crippen LogP contribution is -2.26. The number of imidazole rings is 1. The fourth-order valence-electron chi connectivity index (χ4n) is 4.22. The maximum Gasteiger partial charge on any atom is 0.416 e. The van der Waals surface area contributed by atoms with Crippen LogP contribution in [-0.2, 0) is 6.18 Å². The molecule has 0 fully saturated rings. The first kappa shape index (κ1) is 21.7. The van der Waals surface area contributed by atoms with Crippen molar-refractivity contribution in [1.82, 2.24) is 15.3 Å². The molecule has 1 unspecified atom stereocenters. The van der Waals surface area contributed by atoms with E-state index in [0.29, 0.717) is 11.1 Å². The minimum absolute atomic E-state index is 0.217. The number of hydrogen-bond donors (Lipinski definition) is 2. The van der Waals surface area contributed by atoms with Crippen LogP contribution in [0, 0.1) is 0 Å². The summed E-state index contributed by atoms with van der Waals surface area (Å²) in [7, 11) is 0. The number of aromatic amines is 1. The van der Waals surface area contributed by atoms with Crippen molar-refractivity contribution in [3.63, 3.8) is 0 Å². The molecule has 0 aliphatic rings. The molecule has 1 atom stereocenters. The molecule has 0 spiro atoms. The third kappa shape index (κ3) is 4.01. The number of H-pyrrole nitrogens is 1. The van der Waals surface area contributed by atoms with Crippen molar-refractivity contribution >= 4 is 27.7 Å². The van der Waals surface area contributed by atoms with Crippen LogP contribution in [0.5, 0.6) is 0 Å². The Morgan fingerprint density at radius 2 is 1.74 bits per heavy atom. The molecule has 0 saturated carbocycles. The van der Waals surface area contributed by atoms with Gasteiger partial charge in [0.15, 0.2) is 0 Å². The lowest BCUT2D eigenvalue weighted by molar-refractivity contribution is -0.137. The molecule has 1 amide bonds. The van der Waals surface area contributed by atoms with Crippen LogP contribution >= 0.6 is 0 Å². The lowest BCUT2D eigenvalue weighted by Gasteiger charge is -2.16. The Labute approximate surface area is 193 Å². The minimum atomic E-state index is -4.38. The summed E-state index contributed by atoms with van der Waals surface area (Å²) in [5, 5.41) is 4.72. The molecule has 0 bridgehead atoms. The topological polar surface area (TPSA) is 57.8 Å². The van der Waals surface area contributed by atoms with Crippen LogP contribution in [0.15, 0.2) is 85.2 Å². The van der Waals surface area contributed by atoms with E-state index in [2.05, 4.69) is 15.3 Å². The van der Waals surface area contributed by atoms with E-state index in [-0.39, 0.29) is 11.9 Å². The van der Waals surface area contributed by atoms with Gasteiger partial charge in [-0.05, 0) is 64.7 Å². The van der Waals surface area contributed by atoms with Crippen LogP contribution in [-0.4, -0.2) is 15.9 Å². The third-order valence-corrected chi connectivity index (χ3v) is 5.97. The van der Waals surface area contributed by atoms with Gasteiger partial charge in [0.25, 0.3) is 5.91 Å². The van der Waals surface area contributed by atoms with E-state index in [1.54, 1.807) is 18.5 Å². The number of para-hydroxylation sites is 1. The standard InChI is InChI=1S/C27H20F3N3O/c1-16(21-5-3-7-24-25(21)32-15-31-24)33-26(34)19-10-13-23-18(14-19)4-2-6-22(23)17-8-11-20(12-9-17)27(28,29)30/h2-16H,1H3,(H,31,32)(H,33,34). The van der Waals surface area contributed by atoms with E-state index in [9.17, 15) is 18.0 Å². The van der Waals surface area contributed by atoms with Crippen molar-refractivity contribution in [2.24, 2.45) is 0 Å². The average Bonchev–Trinajstić information content (AvgIpc) is 3.32. The summed E-state index contributed by atoms with van der Waals surface area (Å²) in [4.78, 5) is 20.4. The van der Waals surface area contributed by atoms with Crippen molar-refractivity contribution in [3.8, 4) is 11.1 Å². The first-order chi connectivity index (χ1) is 16.3. The molecule has 5 aromatic rings. The fourth-order valence-corrected chi connectivity index (χ4v) is 4.22. The third-order valence-electron chi connectivity index (χ3n) is 5.97. The van der Waals surface area contributed by atoms with Crippen molar-refractivity contribution in [1.29, 1.82) is 0 Å². The first-order valence-corrected chi connectivity index (χ1v) is 10.7. The van der Waals surface area contributed by atoms with Crippen molar-refractivity contribution < 1.29 is 18.0 Å². The van der Waals surface area contributed by atoms with Crippen molar-refractivity contribution in [2.75, 3.05) is 0 Å². The predicted molar refractivity (Wildman–Crippen MR) is 126 cm³/mol. The Bertz CT molecular complexity index is 1500. The second-order valence-corrected chi connectivity index (χ2v) is 8.16. The number of carbonyl (C=O) groups excluding carboxylic acids is 1. The molecular weight excluding hydrogens is 439 g/mol. The first-order valence-electron chi connectivity index (χ1n) is 10.7. The fraction of sp³-hybridized carbons (Fsp3) is 0.111. The number of amides is 1. The van der Waals surface area contributed by atoms with Crippen LogP contribution in [0.2, 0.25) is 0 Å². The summed E-state index contributed by atoms with van der Waals surface area (Å²) in [6.45, 7) is 1.91. The van der Waals surface area contributed by atoms with Crippen LogP contribution in [0.4, 0.5) is 13.2 Å². The molecular formula is C27H20F3N3O. The monoisotopic (exact) mass is 459 g/mol. The molecule has 1 aromatic heterocycles. The zero-order valence-corrected chi connectivity index (χ0v) is 18.1. The highest BCUT2D eigenvalue weighted by molar-refractivity contribution is 6.03. The van der Waals surface area contributed by atoms with E-state index in [4.69, 9.17) is 0 Å². The normalized spacial score (nSPS) is 12.7. The summed E-state index contributed by atoms with van der Waals surface area (Å²) in [5.74, 6) is -0.217. The average molecular weight is 459 g/mol. The molecule has 0 radical (unpaired) electrons. The number of nitrogens with zero attached hydrogens (tertiary/aromatic N) is 1. The Morgan fingerprint density at radius 3 is 2.50 bits per heavy atom. The number of aromatic nitrogens is 2. The van der Waals surface area contributed by atoms with Crippen LogP contribution < -0.4 is 5.32 Å². The van der Waals surface area contributed by atoms with Gasteiger partial charge < -0.3 is 10.3 Å². The maximum absolute atomic E-state index is 13.0. The molecule has 4 aromatic carbocycles. The molecule has 1 heterocycles. The van der Waals surface area contributed by atoms with Gasteiger partial charge in [0.05, 0.1) is 29.0 Å². The summed E-state index contributed by atoms with van der Waals surface area (Å²) in [6.07, 6.45) is -2.75. The minimum Gasteiger partial charge on any atom is -0.345 e. The second kappa shape index (κ2) is 8.33. The van der Waals surface area contributed by atoms with Crippen LogP contribution in [0.3, 0.4) is 0 Å². The second-order valence-electron chi connectivity index (χ2n) is 8.16. The van der Waals surface area contributed by atoms with E-state index in [0.717, 1.165) is 45.1 Å². The van der Waals surface area contributed by atoms with Gasteiger partial charge in [0.2, 0.25) is 0 Å². The van der Waals surface area contributed by atoms with Crippen molar-refractivity contribution in [2.45, 2.75) is 19.1 Å². The van der Waals surface area contributed by atoms with E-state index < -0.39 is 11.7 Å². The van der Waals surface area contributed by atoms with Gasteiger partial charge in [-0.3, -0.25) is 4.79 Å². The Kier molecular flexibility index (Phi) is 5.32. The van der Waals surface area contributed by atoms with Crippen LogP contribution in [0.25, 0.3) is 32.9 Å². The van der Waals surface area contributed by atoms with Gasteiger partial charge in [0.1, 0.15) is 0 Å². The van der Waals surface area contributed by atoms with Crippen molar-refractivity contribution in [3.05, 3.63) is 102 Å². The van der Waals surface area contributed by atoms with Gasteiger partial charge in [0, 0.05) is 5.56 Å². The largest absolute Gasteiger partial charge is 0.416 e. The number of carbonyl (C=O) groups is 1.